The summed E-state index contributed by atoms with van der Waals surface area (Å²) >= 11 is 1.37. The highest BCUT2D eigenvalue weighted by Gasteiger charge is 2.26. The highest BCUT2D eigenvalue weighted by atomic mass is 32.1. The van der Waals surface area contributed by atoms with E-state index in [1.54, 1.807) is 19.1 Å². The van der Waals surface area contributed by atoms with E-state index in [0.29, 0.717) is 10.4 Å². The van der Waals surface area contributed by atoms with Gasteiger partial charge in [0.05, 0.1) is 6.54 Å². The molecule has 5 nitrogen and oxygen atoms in total. The summed E-state index contributed by atoms with van der Waals surface area (Å²) in [4.78, 5) is 24.2. The molecule has 1 atom stereocenters. The minimum absolute atomic E-state index is 0.0731. The van der Waals surface area contributed by atoms with Crippen molar-refractivity contribution in [1.82, 2.24) is 10.6 Å². The maximum Gasteiger partial charge on any atom is 0.309 e. The number of carbonyl (C=O) groups is 2. The third-order valence-corrected chi connectivity index (χ3v) is 4.34. The molecule has 1 aromatic carbocycles. The quantitative estimate of drug-likeness (QED) is 0.725. The van der Waals surface area contributed by atoms with E-state index < -0.39 is 17.4 Å². The largest absolute Gasteiger partial charge is 0.383 e. The zero-order valence-corrected chi connectivity index (χ0v) is 13.3. The fraction of sp³-hybridized carbons (Fsp3) is 0.250. The van der Waals surface area contributed by atoms with Crippen molar-refractivity contribution in [2.75, 3.05) is 6.54 Å². The van der Waals surface area contributed by atoms with Gasteiger partial charge in [-0.2, -0.15) is 0 Å². The van der Waals surface area contributed by atoms with Gasteiger partial charge in [-0.3, -0.25) is 9.59 Å². The highest BCUT2D eigenvalue weighted by Crippen LogP contribution is 2.24. The van der Waals surface area contributed by atoms with E-state index in [2.05, 4.69) is 10.6 Å². The number of aliphatic hydroxyl groups is 1. The number of amides is 2. The minimum atomic E-state index is -1.24. The van der Waals surface area contributed by atoms with Crippen molar-refractivity contribution in [3.05, 3.63) is 58.0 Å². The Balaban J connectivity index is 1.81. The third kappa shape index (κ3) is 4.87. The van der Waals surface area contributed by atoms with Crippen molar-refractivity contribution in [3.8, 4) is 0 Å². The van der Waals surface area contributed by atoms with E-state index in [4.69, 9.17) is 0 Å². The standard InChI is InChI=1S/C16H17FN2O3S/c1-16(22,13-3-2-8-23-13)10-19-15(21)14(20)18-9-11-4-6-12(17)7-5-11/h2-8,22H,9-10H2,1H3,(H,18,20)(H,19,21). The predicted molar refractivity (Wildman–Crippen MR) is 85.1 cm³/mol. The van der Waals surface area contributed by atoms with Gasteiger partial charge in [0.15, 0.2) is 0 Å². The average molecular weight is 336 g/mol. The molecule has 2 rings (SSSR count). The maximum absolute atomic E-state index is 12.8. The Morgan fingerprint density at radius 2 is 1.83 bits per heavy atom. The van der Waals surface area contributed by atoms with Crippen molar-refractivity contribution in [3.63, 3.8) is 0 Å². The Kier molecular flexibility index (Phi) is 5.46. The molecule has 0 aliphatic carbocycles. The van der Waals surface area contributed by atoms with Crippen LogP contribution in [0.25, 0.3) is 0 Å². The average Bonchev–Trinajstić information content (AvgIpc) is 3.07. The first-order chi connectivity index (χ1) is 10.9. The number of hydrogen-bond acceptors (Lipinski definition) is 4. The number of rotatable bonds is 5. The molecule has 2 amide bonds. The molecule has 0 radical (unpaired) electrons. The monoisotopic (exact) mass is 336 g/mol. The van der Waals surface area contributed by atoms with E-state index in [0.717, 1.165) is 0 Å². The van der Waals surface area contributed by atoms with Crippen LogP contribution < -0.4 is 10.6 Å². The van der Waals surface area contributed by atoms with E-state index >= 15 is 0 Å². The van der Waals surface area contributed by atoms with Crippen LogP contribution in [-0.4, -0.2) is 23.5 Å². The fourth-order valence-electron chi connectivity index (χ4n) is 1.87. The number of benzene rings is 1. The van der Waals surface area contributed by atoms with E-state index in [1.807, 2.05) is 5.38 Å². The first-order valence-corrected chi connectivity index (χ1v) is 7.83. The number of thiophene rings is 1. The summed E-state index contributed by atoms with van der Waals surface area (Å²) in [6.07, 6.45) is 0. The summed E-state index contributed by atoms with van der Waals surface area (Å²) < 4.78 is 12.8. The molecule has 0 spiro atoms. The smallest absolute Gasteiger partial charge is 0.309 e. The van der Waals surface area contributed by atoms with E-state index in [9.17, 15) is 19.1 Å². The van der Waals surface area contributed by atoms with Crippen LogP contribution in [0.4, 0.5) is 4.39 Å². The molecule has 0 fully saturated rings. The molecule has 1 aromatic heterocycles. The van der Waals surface area contributed by atoms with Crippen molar-refractivity contribution in [2.24, 2.45) is 0 Å². The zero-order valence-electron chi connectivity index (χ0n) is 12.5. The van der Waals surface area contributed by atoms with Crippen LogP contribution in [0.3, 0.4) is 0 Å². The van der Waals surface area contributed by atoms with Crippen LogP contribution in [0.15, 0.2) is 41.8 Å². The molecule has 1 heterocycles. The summed E-state index contributed by atoms with van der Waals surface area (Å²) in [6, 6.07) is 9.15. The predicted octanol–water partition coefficient (Wildman–Crippen LogP) is 1.53. The van der Waals surface area contributed by atoms with Gasteiger partial charge in [-0.25, -0.2) is 4.39 Å². The summed E-state index contributed by atoms with van der Waals surface area (Å²) in [5, 5.41) is 16.9. The van der Waals surface area contributed by atoms with E-state index in [-0.39, 0.29) is 18.9 Å². The lowest BCUT2D eigenvalue weighted by molar-refractivity contribution is -0.139. The molecular weight excluding hydrogens is 319 g/mol. The Bertz CT molecular complexity index is 669. The van der Waals surface area contributed by atoms with Crippen molar-refractivity contribution >= 4 is 23.2 Å². The molecule has 0 aliphatic heterocycles. The Morgan fingerprint density at radius 1 is 1.17 bits per heavy atom. The molecule has 0 saturated carbocycles. The number of carbonyl (C=O) groups excluding carboxylic acids is 2. The number of hydrogen-bond donors (Lipinski definition) is 3. The number of nitrogens with one attached hydrogen (secondary N) is 2. The van der Waals surface area contributed by atoms with E-state index in [1.165, 1.54) is 35.6 Å². The lowest BCUT2D eigenvalue weighted by Crippen LogP contribution is -2.45. The fourth-order valence-corrected chi connectivity index (χ4v) is 2.66. The van der Waals surface area contributed by atoms with Crippen molar-refractivity contribution < 1.29 is 19.1 Å². The third-order valence-electron chi connectivity index (χ3n) is 3.22. The molecule has 7 heteroatoms. The zero-order chi connectivity index (χ0) is 16.9. The SMILES string of the molecule is CC(O)(CNC(=O)C(=O)NCc1ccc(F)cc1)c1cccs1. The van der Waals surface area contributed by atoms with Crippen LogP contribution in [0.2, 0.25) is 0 Å². The lowest BCUT2D eigenvalue weighted by Gasteiger charge is -2.22. The van der Waals surface area contributed by atoms with Gasteiger partial charge < -0.3 is 15.7 Å². The van der Waals surface area contributed by atoms with Gasteiger partial charge >= 0.3 is 11.8 Å². The summed E-state index contributed by atoms with van der Waals surface area (Å²) in [5.41, 5.74) is -0.556. The second kappa shape index (κ2) is 7.34. The summed E-state index contributed by atoms with van der Waals surface area (Å²) in [6.45, 7) is 1.61. The van der Waals surface area contributed by atoms with Crippen LogP contribution in [0.5, 0.6) is 0 Å². The second-order valence-electron chi connectivity index (χ2n) is 5.24. The second-order valence-corrected chi connectivity index (χ2v) is 6.19. The minimum Gasteiger partial charge on any atom is -0.383 e. The molecule has 0 aliphatic rings. The number of halogens is 1. The molecule has 1 unspecified atom stereocenters. The molecule has 2 aromatic rings. The first-order valence-electron chi connectivity index (χ1n) is 6.95. The Morgan fingerprint density at radius 3 is 2.43 bits per heavy atom. The first kappa shape index (κ1) is 17.1. The van der Waals surface area contributed by atoms with Gasteiger partial charge in [0, 0.05) is 11.4 Å². The lowest BCUT2D eigenvalue weighted by atomic mass is 10.1. The van der Waals surface area contributed by atoms with Gasteiger partial charge in [0.1, 0.15) is 11.4 Å². The Labute approximate surface area is 137 Å². The van der Waals surface area contributed by atoms with Gasteiger partial charge in [0.2, 0.25) is 0 Å². The Hall–Kier alpha value is -2.25. The molecule has 122 valence electrons. The maximum atomic E-state index is 12.8. The topological polar surface area (TPSA) is 78.4 Å². The van der Waals surface area contributed by atoms with Crippen LogP contribution >= 0.6 is 11.3 Å². The molecule has 3 N–H and O–H groups in total. The molecule has 0 saturated heterocycles. The molecule has 0 bridgehead atoms. The van der Waals surface area contributed by atoms with Crippen molar-refractivity contribution in [2.45, 2.75) is 19.1 Å². The van der Waals surface area contributed by atoms with Crippen LogP contribution in [-0.2, 0) is 21.7 Å². The molecular formula is C16H17FN2O3S. The van der Waals surface area contributed by atoms with Gasteiger partial charge in [-0.1, -0.05) is 18.2 Å². The summed E-state index contributed by atoms with van der Waals surface area (Å²) in [7, 11) is 0. The van der Waals surface area contributed by atoms with Gasteiger partial charge in [0.25, 0.3) is 0 Å². The van der Waals surface area contributed by atoms with Crippen molar-refractivity contribution in [1.29, 1.82) is 0 Å². The van der Waals surface area contributed by atoms with Crippen LogP contribution in [0, 0.1) is 5.82 Å². The highest BCUT2D eigenvalue weighted by molar-refractivity contribution is 7.10. The van der Waals surface area contributed by atoms with Gasteiger partial charge in [-0.05, 0) is 36.1 Å². The van der Waals surface area contributed by atoms with Crippen LogP contribution in [0.1, 0.15) is 17.4 Å². The molecule has 23 heavy (non-hydrogen) atoms. The normalized spacial score (nSPS) is 13.2. The van der Waals surface area contributed by atoms with Gasteiger partial charge in [-0.15, -0.1) is 11.3 Å². The summed E-state index contributed by atoms with van der Waals surface area (Å²) in [5.74, 6) is -2.01.